The smallest absolute Gasteiger partial charge is 0.338 e. The molecular formula is C19H18BrNO5. The predicted molar refractivity (Wildman–Crippen MR) is 101 cm³/mol. The summed E-state index contributed by atoms with van der Waals surface area (Å²) >= 11 is 3.29. The maximum Gasteiger partial charge on any atom is 0.338 e. The molecule has 6 nitrogen and oxygen atoms in total. The Hall–Kier alpha value is -2.67. The molecule has 7 heteroatoms. The molecule has 0 saturated heterocycles. The molecule has 0 radical (unpaired) electrons. The lowest BCUT2D eigenvalue weighted by atomic mass is 10.1. The SMILES string of the molecule is CCC(=O)Nc1ccc(C(=O)COC(=O)c2ccc(OC)c(Br)c2)cc1. The molecule has 0 heterocycles. The van der Waals surface area contributed by atoms with E-state index in [0.717, 1.165) is 0 Å². The number of Topliss-reactive ketones (excluding diaryl/α,β-unsaturated/α-hetero) is 1. The Morgan fingerprint density at radius 1 is 1.04 bits per heavy atom. The van der Waals surface area contributed by atoms with E-state index in [9.17, 15) is 14.4 Å². The van der Waals surface area contributed by atoms with Crippen molar-refractivity contribution < 1.29 is 23.9 Å². The first-order chi connectivity index (χ1) is 12.4. The van der Waals surface area contributed by atoms with E-state index < -0.39 is 5.97 Å². The van der Waals surface area contributed by atoms with Crippen molar-refractivity contribution in [1.82, 2.24) is 0 Å². The van der Waals surface area contributed by atoms with Crippen LogP contribution in [-0.4, -0.2) is 31.4 Å². The van der Waals surface area contributed by atoms with Gasteiger partial charge in [-0.3, -0.25) is 9.59 Å². The highest BCUT2D eigenvalue weighted by molar-refractivity contribution is 9.10. The summed E-state index contributed by atoms with van der Waals surface area (Å²) in [5.74, 6) is -0.454. The molecule has 2 aromatic rings. The summed E-state index contributed by atoms with van der Waals surface area (Å²) in [6, 6.07) is 11.2. The van der Waals surface area contributed by atoms with Crippen LogP contribution in [0.25, 0.3) is 0 Å². The van der Waals surface area contributed by atoms with Gasteiger partial charge in [-0.25, -0.2) is 4.79 Å². The van der Waals surface area contributed by atoms with Crippen LogP contribution in [-0.2, 0) is 9.53 Å². The van der Waals surface area contributed by atoms with E-state index in [-0.39, 0.29) is 18.3 Å². The average Bonchev–Trinajstić information content (AvgIpc) is 2.66. The van der Waals surface area contributed by atoms with Crippen LogP contribution >= 0.6 is 15.9 Å². The summed E-state index contributed by atoms with van der Waals surface area (Å²) in [6.45, 7) is 1.38. The maximum atomic E-state index is 12.1. The minimum atomic E-state index is -0.603. The molecule has 1 N–H and O–H groups in total. The summed E-state index contributed by atoms with van der Waals surface area (Å²) in [4.78, 5) is 35.5. The van der Waals surface area contributed by atoms with Crippen LogP contribution in [0.3, 0.4) is 0 Å². The number of nitrogens with one attached hydrogen (secondary N) is 1. The summed E-state index contributed by atoms with van der Waals surface area (Å²) in [6.07, 6.45) is 0.373. The highest BCUT2D eigenvalue weighted by atomic mass is 79.9. The number of ether oxygens (including phenoxy) is 2. The zero-order valence-corrected chi connectivity index (χ0v) is 16.0. The van der Waals surface area contributed by atoms with Gasteiger partial charge in [-0.1, -0.05) is 6.92 Å². The van der Waals surface area contributed by atoms with E-state index in [1.165, 1.54) is 7.11 Å². The third kappa shape index (κ3) is 5.16. The molecule has 26 heavy (non-hydrogen) atoms. The van der Waals surface area contributed by atoms with Crippen molar-refractivity contribution in [2.75, 3.05) is 19.0 Å². The number of halogens is 1. The van der Waals surface area contributed by atoms with Crippen LogP contribution in [0.2, 0.25) is 0 Å². The second-order valence-electron chi connectivity index (χ2n) is 5.33. The molecule has 0 atom stereocenters. The topological polar surface area (TPSA) is 81.7 Å². The van der Waals surface area contributed by atoms with Gasteiger partial charge < -0.3 is 14.8 Å². The summed E-state index contributed by atoms with van der Waals surface area (Å²) < 4.78 is 10.8. The molecule has 0 aliphatic heterocycles. The number of methoxy groups -OCH3 is 1. The van der Waals surface area contributed by atoms with Crippen molar-refractivity contribution >= 4 is 39.3 Å². The number of amides is 1. The van der Waals surface area contributed by atoms with Gasteiger partial charge >= 0.3 is 5.97 Å². The summed E-state index contributed by atoms with van der Waals surface area (Å²) in [5.41, 5.74) is 1.31. The number of hydrogen-bond donors (Lipinski definition) is 1. The van der Waals surface area contributed by atoms with Gasteiger partial charge in [0, 0.05) is 17.7 Å². The molecule has 2 rings (SSSR count). The molecule has 0 aliphatic rings. The van der Waals surface area contributed by atoms with Gasteiger partial charge in [0.2, 0.25) is 5.91 Å². The van der Waals surface area contributed by atoms with Crippen LogP contribution < -0.4 is 10.1 Å². The van der Waals surface area contributed by atoms with Crippen molar-refractivity contribution in [2.24, 2.45) is 0 Å². The average molecular weight is 420 g/mol. The standard InChI is InChI=1S/C19H18BrNO5/c1-3-18(23)21-14-7-4-12(5-8-14)16(22)11-26-19(24)13-6-9-17(25-2)15(20)10-13/h4-10H,3,11H2,1-2H3,(H,21,23). The van der Waals surface area contributed by atoms with Crippen LogP contribution in [0.4, 0.5) is 5.69 Å². The van der Waals surface area contributed by atoms with Crippen molar-refractivity contribution in [1.29, 1.82) is 0 Å². The zero-order chi connectivity index (χ0) is 19.1. The normalized spacial score (nSPS) is 10.1. The lowest BCUT2D eigenvalue weighted by Crippen LogP contribution is -2.14. The van der Waals surface area contributed by atoms with E-state index >= 15 is 0 Å². The van der Waals surface area contributed by atoms with E-state index in [4.69, 9.17) is 9.47 Å². The fourth-order valence-corrected chi connectivity index (χ4v) is 2.62. The second kappa shape index (κ2) is 9.15. The monoisotopic (exact) mass is 419 g/mol. The Kier molecular flexibility index (Phi) is 6.91. The third-order valence-corrected chi connectivity index (χ3v) is 4.15. The molecule has 0 spiro atoms. The number of carbonyl (C=O) groups excluding carboxylic acids is 3. The van der Waals surface area contributed by atoms with Crippen molar-refractivity contribution in [3.8, 4) is 5.75 Å². The molecule has 0 unspecified atom stereocenters. The number of benzene rings is 2. The minimum absolute atomic E-state index is 0.108. The summed E-state index contributed by atoms with van der Waals surface area (Å²) in [5, 5.41) is 2.69. The Balaban J connectivity index is 1.94. The van der Waals surface area contributed by atoms with Crippen molar-refractivity contribution in [3.63, 3.8) is 0 Å². The highest BCUT2D eigenvalue weighted by Gasteiger charge is 2.13. The first-order valence-corrected chi connectivity index (χ1v) is 8.67. The van der Waals surface area contributed by atoms with Gasteiger partial charge in [-0.05, 0) is 58.4 Å². The Bertz CT molecular complexity index is 817. The molecule has 0 bridgehead atoms. The van der Waals surface area contributed by atoms with Crippen LogP contribution in [0, 0.1) is 0 Å². The van der Waals surface area contributed by atoms with Crippen molar-refractivity contribution in [2.45, 2.75) is 13.3 Å². The number of esters is 1. The maximum absolute atomic E-state index is 12.1. The zero-order valence-electron chi connectivity index (χ0n) is 14.4. The molecular weight excluding hydrogens is 402 g/mol. The van der Waals surface area contributed by atoms with E-state index in [1.54, 1.807) is 49.4 Å². The predicted octanol–water partition coefficient (Wildman–Crippen LogP) is 3.85. The van der Waals surface area contributed by atoms with Crippen molar-refractivity contribution in [3.05, 3.63) is 58.1 Å². The van der Waals surface area contributed by atoms with Gasteiger partial charge in [0.1, 0.15) is 5.75 Å². The van der Waals surface area contributed by atoms with Gasteiger partial charge in [-0.15, -0.1) is 0 Å². The number of rotatable bonds is 7. The van der Waals surface area contributed by atoms with E-state index in [0.29, 0.717) is 33.5 Å². The minimum Gasteiger partial charge on any atom is -0.496 e. The van der Waals surface area contributed by atoms with Gasteiger partial charge in [0.05, 0.1) is 17.1 Å². The van der Waals surface area contributed by atoms with E-state index in [2.05, 4.69) is 21.2 Å². The first kappa shape index (κ1) is 19.7. The third-order valence-electron chi connectivity index (χ3n) is 3.53. The Labute approximate surface area is 159 Å². The lowest BCUT2D eigenvalue weighted by molar-refractivity contribution is -0.115. The molecule has 2 aromatic carbocycles. The Morgan fingerprint density at radius 2 is 1.69 bits per heavy atom. The van der Waals surface area contributed by atoms with Crippen LogP contribution in [0.5, 0.6) is 5.75 Å². The molecule has 1 amide bonds. The van der Waals surface area contributed by atoms with E-state index in [1.807, 2.05) is 0 Å². The molecule has 0 aliphatic carbocycles. The summed E-state index contributed by atoms with van der Waals surface area (Å²) in [7, 11) is 1.52. The van der Waals surface area contributed by atoms with Gasteiger partial charge in [-0.2, -0.15) is 0 Å². The molecule has 0 fully saturated rings. The highest BCUT2D eigenvalue weighted by Crippen LogP contribution is 2.25. The number of ketones is 1. The molecule has 0 aromatic heterocycles. The van der Waals surface area contributed by atoms with Gasteiger partial charge in [0.15, 0.2) is 12.4 Å². The first-order valence-electron chi connectivity index (χ1n) is 7.88. The largest absolute Gasteiger partial charge is 0.496 e. The van der Waals surface area contributed by atoms with Crippen LogP contribution in [0.1, 0.15) is 34.1 Å². The fourth-order valence-electron chi connectivity index (χ4n) is 2.08. The lowest BCUT2D eigenvalue weighted by Gasteiger charge is -2.08. The molecule has 0 saturated carbocycles. The number of anilines is 1. The Morgan fingerprint density at radius 3 is 2.27 bits per heavy atom. The second-order valence-corrected chi connectivity index (χ2v) is 6.18. The number of hydrogen-bond acceptors (Lipinski definition) is 5. The number of carbonyl (C=O) groups is 3. The fraction of sp³-hybridized carbons (Fsp3) is 0.211. The van der Waals surface area contributed by atoms with Crippen LogP contribution in [0.15, 0.2) is 46.9 Å². The van der Waals surface area contributed by atoms with Gasteiger partial charge in [0.25, 0.3) is 0 Å². The quantitative estimate of drug-likeness (QED) is 0.544. The molecule has 136 valence electrons.